The predicted octanol–water partition coefficient (Wildman–Crippen LogP) is 0.580. The Balaban J connectivity index is 1.76. The van der Waals surface area contributed by atoms with Crippen LogP contribution in [0.25, 0.3) is 5.65 Å². The minimum absolute atomic E-state index is 0.134. The molecule has 1 aliphatic rings. The first-order valence-electron chi connectivity index (χ1n) is 8.75. The number of nitrogens with one attached hydrogen (secondary N) is 2. The van der Waals surface area contributed by atoms with Gasteiger partial charge in [0.05, 0.1) is 6.20 Å². The largest absolute Gasteiger partial charge is 0.354 e. The van der Waals surface area contributed by atoms with Crippen LogP contribution >= 0.6 is 0 Å². The first-order valence-corrected chi connectivity index (χ1v) is 8.75. The molecule has 0 unspecified atom stereocenters. The van der Waals surface area contributed by atoms with Crippen molar-refractivity contribution in [3.05, 3.63) is 29.7 Å². The molecule has 0 aromatic carbocycles. The molecule has 25 heavy (non-hydrogen) atoms. The van der Waals surface area contributed by atoms with Gasteiger partial charge in [0.25, 0.3) is 5.91 Å². The number of piperidine rings is 1. The van der Waals surface area contributed by atoms with Crippen LogP contribution in [0.15, 0.2) is 18.6 Å². The van der Waals surface area contributed by atoms with E-state index in [2.05, 4.69) is 39.5 Å². The van der Waals surface area contributed by atoms with E-state index in [1.165, 1.54) is 6.20 Å². The van der Waals surface area contributed by atoms with E-state index >= 15 is 0 Å². The van der Waals surface area contributed by atoms with E-state index in [4.69, 9.17) is 0 Å². The first kappa shape index (κ1) is 17.3. The van der Waals surface area contributed by atoms with E-state index in [1.54, 1.807) is 10.7 Å². The molecule has 0 spiro atoms. The third kappa shape index (κ3) is 3.79. The van der Waals surface area contributed by atoms with Crippen molar-refractivity contribution in [2.24, 2.45) is 0 Å². The van der Waals surface area contributed by atoms with Crippen LogP contribution in [-0.2, 0) is 11.3 Å². The molecule has 3 heterocycles. The molecule has 0 aliphatic carbocycles. The van der Waals surface area contributed by atoms with Gasteiger partial charge in [-0.25, -0.2) is 9.50 Å². The highest BCUT2D eigenvalue weighted by molar-refractivity contribution is 6.01. The summed E-state index contributed by atoms with van der Waals surface area (Å²) in [7, 11) is 0. The van der Waals surface area contributed by atoms with Gasteiger partial charge >= 0.3 is 0 Å². The van der Waals surface area contributed by atoms with Crippen molar-refractivity contribution >= 4 is 17.5 Å². The number of aromatic nitrogens is 3. The van der Waals surface area contributed by atoms with Gasteiger partial charge in [-0.3, -0.25) is 14.5 Å². The van der Waals surface area contributed by atoms with Gasteiger partial charge in [-0.05, 0) is 25.9 Å². The van der Waals surface area contributed by atoms with Crippen molar-refractivity contribution in [1.29, 1.82) is 0 Å². The lowest BCUT2D eigenvalue weighted by Crippen LogP contribution is -2.50. The van der Waals surface area contributed by atoms with Gasteiger partial charge in [-0.1, -0.05) is 13.8 Å². The van der Waals surface area contributed by atoms with Crippen LogP contribution in [0.4, 0.5) is 0 Å². The van der Waals surface area contributed by atoms with Gasteiger partial charge in [-0.2, -0.15) is 5.10 Å². The molecule has 0 saturated carbocycles. The molecule has 1 fully saturated rings. The number of nitrogens with zero attached hydrogens (tertiary/aromatic N) is 4. The third-order valence-corrected chi connectivity index (χ3v) is 4.55. The Morgan fingerprint density at radius 3 is 2.92 bits per heavy atom. The lowest BCUT2D eigenvalue weighted by molar-refractivity contribution is -0.124. The maximum absolute atomic E-state index is 12.5. The fourth-order valence-electron chi connectivity index (χ4n) is 3.01. The third-order valence-electron chi connectivity index (χ3n) is 4.55. The normalized spacial score (nSPS) is 17.7. The minimum atomic E-state index is -0.488. The lowest BCUT2D eigenvalue weighted by Gasteiger charge is -2.22. The van der Waals surface area contributed by atoms with E-state index in [-0.39, 0.29) is 11.8 Å². The Kier molecular flexibility index (Phi) is 5.28. The Morgan fingerprint density at radius 2 is 2.20 bits per heavy atom. The molecule has 2 aromatic rings. The minimum Gasteiger partial charge on any atom is -0.354 e. The average Bonchev–Trinajstić information content (AvgIpc) is 3.05. The standard InChI is InChI=1S/C17H24N6O2/c1-3-22(4-2)10-12-8-19-15-13(9-20-23(15)11-12)16(24)21-14-6-5-7-18-17(14)25/h8-9,11,14H,3-7,10H2,1-2H3,(H,18,25)(H,21,24)/t14-/m1/s1. The number of fused-ring (bicyclic) bond motifs is 1. The maximum Gasteiger partial charge on any atom is 0.257 e. The van der Waals surface area contributed by atoms with Crippen molar-refractivity contribution in [2.45, 2.75) is 39.3 Å². The topological polar surface area (TPSA) is 91.6 Å². The fourth-order valence-corrected chi connectivity index (χ4v) is 3.01. The van der Waals surface area contributed by atoms with Gasteiger partial charge in [0.15, 0.2) is 5.65 Å². The summed E-state index contributed by atoms with van der Waals surface area (Å²) in [6, 6.07) is -0.488. The van der Waals surface area contributed by atoms with Crippen LogP contribution in [0.3, 0.4) is 0 Å². The van der Waals surface area contributed by atoms with Crippen molar-refractivity contribution in [3.63, 3.8) is 0 Å². The number of rotatable bonds is 6. The predicted molar refractivity (Wildman–Crippen MR) is 93.1 cm³/mol. The summed E-state index contributed by atoms with van der Waals surface area (Å²) in [6.45, 7) is 7.62. The zero-order valence-corrected chi connectivity index (χ0v) is 14.7. The van der Waals surface area contributed by atoms with Crippen LogP contribution in [0, 0.1) is 0 Å². The van der Waals surface area contributed by atoms with E-state index in [0.717, 1.165) is 31.6 Å². The monoisotopic (exact) mass is 344 g/mol. The number of amides is 2. The van der Waals surface area contributed by atoms with E-state index in [9.17, 15) is 9.59 Å². The Hall–Kier alpha value is -2.48. The Morgan fingerprint density at radius 1 is 1.40 bits per heavy atom. The zero-order valence-electron chi connectivity index (χ0n) is 14.7. The van der Waals surface area contributed by atoms with Crippen molar-refractivity contribution in [3.8, 4) is 0 Å². The van der Waals surface area contributed by atoms with Crippen molar-refractivity contribution < 1.29 is 9.59 Å². The summed E-state index contributed by atoms with van der Waals surface area (Å²) in [5.41, 5.74) is 1.92. The maximum atomic E-state index is 12.5. The lowest BCUT2D eigenvalue weighted by atomic mass is 10.1. The molecular formula is C17H24N6O2. The number of hydrogen-bond acceptors (Lipinski definition) is 5. The highest BCUT2D eigenvalue weighted by Crippen LogP contribution is 2.12. The van der Waals surface area contributed by atoms with E-state index in [0.29, 0.717) is 24.2 Å². The molecule has 2 amide bonds. The first-order chi connectivity index (χ1) is 12.1. The second-order valence-corrected chi connectivity index (χ2v) is 6.21. The summed E-state index contributed by atoms with van der Waals surface area (Å²) < 4.78 is 1.62. The molecule has 3 rings (SSSR count). The highest BCUT2D eigenvalue weighted by atomic mass is 16.2. The average molecular weight is 344 g/mol. The molecule has 2 N–H and O–H groups in total. The van der Waals surface area contributed by atoms with Gasteiger partial charge in [0, 0.05) is 31.0 Å². The van der Waals surface area contributed by atoms with Gasteiger partial charge < -0.3 is 10.6 Å². The molecule has 0 radical (unpaired) electrons. The second-order valence-electron chi connectivity index (χ2n) is 6.21. The molecular weight excluding hydrogens is 320 g/mol. The number of carbonyl (C=O) groups excluding carboxylic acids is 2. The smallest absolute Gasteiger partial charge is 0.257 e. The summed E-state index contributed by atoms with van der Waals surface area (Å²) in [4.78, 5) is 31.0. The summed E-state index contributed by atoms with van der Waals surface area (Å²) in [5, 5.41) is 9.78. The molecule has 0 bridgehead atoms. The molecule has 8 nitrogen and oxygen atoms in total. The van der Waals surface area contributed by atoms with Crippen LogP contribution in [-0.4, -0.2) is 57.0 Å². The van der Waals surface area contributed by atoms with Gasteiger partial charge in [-0.15, -0.1) is 0 Å². The van der Waals surface area contributed by atoms with Crippen LogP contribution < -0.4 is 10.6 Å². The number of carbonyl (C=O) groups is 2. The van der Waals surface area contributed by atoms with Crippen LogP contribution in [0.2, 0.25) is 0 Å². The van der Waals surface area contributed by atoms with Crippen molar-refractivity contribution in [1.82, 2.24) is 30.1 Å². The molecule has 1 atom stereocenters. The van der Waals surface area contributed by atoms with E-state index in [1.807, 2.05) is 6.20 Å². The molecule has 1 saturated heterocycles. The molecule has 8 heteroatoms. The molecule has 134 valence electrons. The SMILES string of the molecule is CCN(CC)Cc1cnc2c(C(=O)N[C@@H]3CCCNC3=O)cnn2c1. The second kappa shape index (κ2) is 7.60. The summed E-state index contributed by atoms with van der Waals surface area (Å²) >= 11 is 0. The Bertz CT molecular complexity index is 768. The van der Waals surface area contributed by atoms with Gasteiger partial charge in [0.1, 0.15) is 11.6 Å². The van der Waals surface area contributed by atoms with Crippen molar-refractivity contribution in [2.75, 3.05) is 19.6 Å². The fraction of sp³-hybridized carbons (Fsp3) is 0.529. The zero-order chi connectivity index (χ0) is 17.8. The van der Waals surface area contributed by atoms with Crippen LogP contribution in [0.1, 0.15) is 42.6 Å². The van der Waals surface area contributed by atoms with Crippen LogP contribution in [0.5, 0.6) is 0 Å². The van der Waals surface area contributed by atoms with E-state index < -0.39 is 6.04 Å². The molecule has 2 aromatic heterocycles. The number of hydrogen-bond donors (Lipinski definition) is 2. The van der Waals surface area contributed by atoms with Gasteiger partial charge in [0.2, 0.25) is 5.91 Å². The molecule has 1 aliphatic heterocycles. The quantitative estimate of drug-likeness (QED) is 0.800. The summed E-state index contributed by atoms with van der Waals surface area (Å²) in [6.07, 6.45) is 6.68. The summed E-state index contributed by atoms with van der Waals surface area (Å²) in [5.74, 6) is -0.452. The Labute approximate surface area is 146 Å². The highest BCUT2D eigenvalue weighted by Gasteiger charge is 2.25.